The Balaban J connectivity index is 1.73. The van der Waals surface area contributed by atoms with Crippen LogP contribution in [0.1, 0.15) is 34.5 Å². The van der Waals surface area contributed by atoms with Crippen LogP contribution < -0.4 is 5.32 Å². The smallest absolute Gasteiger partial charge is 0.251 e. The third kappa shape index (κ3) is 4.08. The molecular weight excluding hydrogens is 314 g/mol. The van der Waals surface area contributed by atoms with E-state index in [9.17, 15) is 4.79 Å². The van der Waals surface area contributed by atoms with Gasteiger partial charge in [0.05, 0.1) is 6.20 Å². The average molecular weight is 341 g/mol. The molecule has 1 fully saturated rings. The SMILES string of the molecule is CCn1cc(CN2CCN(C)C(c3cccc(C(=O)NC)c3)C2)cn1. The van der Waals surface area contributed by atoms with Gasteiger partial charge in [-0.2, -0.15) is 5.10 Å². The van der Waals surface area contributed by atoms with E-state index in [1.54, 1.807) is 7.05 Å². The molecule has 1 aromatic carbocycles. The van der Waals surface area contributed by atoms with Crippen molar-refractivity contribution < 1.29 is 4.79 Å². The minimum Gasteiger partial charge on any atom is -0.355 e. The molecule has 0 saturated carbocycles. The van der Waals surface area contributed by atoms with Gasteiger partial charge in [-0.15, -0.1) is 0 Å². The van der Waals surface area contributed by atoms with E-state index >= 15 is 0 Å². The van der Waals surface area contributed by atoms with E-state index in [2.05, 4.69) is 46.4 Å². The number of carbonyl (C=O) groups is 1. The molecule has 0 radical (unpaired) electrons. The lowest BCUT2D eigenvalue weighted by molar-refractivity contribution is 0.0901. The molecule has 134 valence electrons. The zero-order valence-electron chi connectivity index (χ0n) is 15.3. The predicted molar refractivity (Wildman–Crippen MR) is 98.4 cm³/mol. The lowest BCUT2D eigenvalue weighted by Crippen LogP contribution is -2.46. The molecule has 0 bridgehead atoms. The van der Waals surface area contributed by atoms with Crippen molar-refractivity contribution in [1.29, 1.82) is 0 Å². The minimum absolute atomic E-state index is 0.0378. The van der Waals surface area contributed by atoms with Crippen molar-refractivity contribution in [1.82, 2.24) is 24.9 Å². The van der Waals surface area contributed by atoms with Gasteiger partial charge in [-0.3, -0.25) is 19.3 Å². The summed E-state index contributed by atoms with van der Waals surface area (Å²) in [7, 11) is 3.82. The topological polar surface area (TPSA) is 53.4 Å². The van der Waals surface area contributed by atoms with E-state index in [1.807, 2.05) is 29.1 Å². The first-order valence-corrected chi connectivity index (χ1v) is 8.86. The molecule has 2 heterocycles. The summed E-state index contributed by atoms with van der Waals surface area (Å²) in [6.45, 7) is 6.92. The van der Waals surface area contributed by atoms with Gasteiger partial charge in [-0.05, 0) is 31.7 Å². The van der Waals surface area contributed by atoms with Crippen LogP contribution >= 0.6 is 0 Å². The maximum absolute atomic E-state index is 11.9. The Hall–Kier alpha value is -2.18. The van der Waals surface area contributed by atoms with Gasteiger partial charge in [0.2, 0.25) is 0 Å². The summed E-state index contributed by atoms with van der Waals surface area (Å²) in [5, 5.41) is 7.07. The van der Waals surface area contributed by atoms with Gasteiger partial charge in [0.15, 0.2) is 0 Å². The van der Waals surface area contributed by atoms with E-state index in [0.29, 0.717) is 6.04 Å². The number of carbonyl (C=O) groups excluding carboxylic acids is 1. The first-order chi connectivity index (χ1) is 12.1. The largest absolute Gasteiger partial charge is 0.355 e. The number of hydrogen-bond donors (Lipinski definition) is 1. The molecule has 6 heteroatoms. The van der Waals surface area contributed by atoms with Crippen LogP contribution in [0, 0.1) is 0 Å². The average Bonchev–Trinajstić information content (AvgIpc) is 3.10. The van der Waals surface area contributed by atoms with Crippen LogP contribution in [-0.4, -0.2) is 59.2 Å². The van der Waals surface area contributed by atoms with Crippen LogP contribution in [0.25, 0.3) is 0 Å². The van der Waals surface area contributed by atoms with Crippen LogP contribution in [0.3, 0.4) is 0 Å². The van der Waals surface area contributed by atoms with Crippen LogP contribution in [0.15, 0.2) is 36.7 Å². The molecule has 1 amide bonds. The van der Waals surface area contributed by atoms with Crippen molar-refractivity contribution in [2.24, 2.45) is 0 Å². The highest BCUT2D eigenvalue weighted by Gasteiger charge is 2.26. The Morgan fingerprint density at radius 3 is 2.92 bits per heavy atom. The van der Waals surface area contributed by atoms with Gasteiger partial charge in [-0.1, -0.05) is 12.1 Å². The monoisotopic (exact) mass is 341 g/mol. The summed E-state index contributed by atoms with van der Waals surface area (Å²) in [5.74, 6) is -0.0378. The molecule has 0 aliphatic carbocycles. The minimum atomic E-state index is -0.0378. The lowest BCUT2D eigenvalue weighted by atomic mass is 10.00. The molecule has 1 N–H and O–H groups in total. The second-order valence-electron chi connectivity index (χ2n) is 6.64. The van der Waals surface area contributed by atoms with E-state index in [0.717, 1.165) is 38.3 Å². The number of amides is 1. The fraction of sp³-hybridized carbons (Fsp3) is 0.474. The lowest BCUT2D eigenvalue weighted by Gasteiger charge is -2.39. The Labute approximate surface area is 149 Å². The molecule has 3 rings (SSSR count). The van der Waals surface area contributed by atoms with Crippen LogP contribution in [0.2, 0.25) is 0 Å². The second kappa shape index (κ2) is 7.80. The van der Waals surface area contributed by atoms with Gasteiger partial charge < -0.3 is 5.32 Å². The third-order valence-corrected chi connectivity index (χ3v) is 4.91. The summed E-state index contributed by atoms with van der Waals surface area (Å²) >= 11 is 0. The summed E-state index contributed by atoms with van der Waals surface area (Å²) in [5.41, 5.74) is 3.16. The van der Waals surface area contributed by atoms with Crippen LogP contribution in [-0.2, 0) is 13.1 Å². The quantitative estimate of drug-likeness (QED) is 0.900. The summed E-state index contributed by atoms with van der Waals surface area (Å²) < 4.78 is 1.97. The van der Waals surface area contributed by atoms with Gasteiger partial charge >= 0.3 is 0 Å². The Bertz CT molecular complexity index is 726. The van der Waals surface area contributed by atoms with Crippen molar-refractivity contribution >= 4 is 5.91 Å². The van der Waals surface area contributed by atoms with Crippen molar-refractivity contribution in [3.63, 3.8) is 0 Å². The first kappa shape index (κ1) is 17.6. The van der Waals surface area contributed by atoms with Crippen molar-refractivity contribution in [3.8, 4) is 0 Å². The number of aryl methyl sites for hydroxylation is 1. The highest BCUT2D eigenvalue weighted by Crippen LogP contribution is 2.25. The van der Waals surface area contributed by atoms with Crippen molar-refractivity contribution in [2.75, 3.05) is 33.7 Å². The van der Waals surface area contributed by atoms with Gasteiger partial charge in [-0.25, -0.2) is 0 Å². The third-order valence-electron chi connectivity index (χ3n) is 4.91. The Kier molecular flexibility index (Phi) is 5.50. The molecule has 6 nitrogen and oxygen atoms in total. The molecule has 1 unspecified atom stereocenters. The van der Waals surface area contributed by atoms with Gasteiger partial charge in [0.25, 0.3) is 5.91 Å². The molecular formula is C19H27N5O. The number of nitrogens with one attached hydrogen (secondary N) is 1. The number of likely N-dealkylation sites (N-methyl/N-ethyl adjacent to an activating group) is 1. The number of nitrogens with zero attached hydrogens (tertiary/aromatic N) is 4. The van der Waals surface area contributed by atoms with E-state index in [-0.39, 0.29) is 5.91 Å². The summed E-state index contributed by atoms with van der Waals surface area (Å²) in [6.07, 6.45) is 4.09. The number of hydrogen-bond acceptors (Lipinski definition) is 4. The molecule has 1 saturated heterocycles. The van der Waals surface area contributed by atoms with Crippen LogP contribution in [0.5, 0.6) is 0 Å². The number of rotatable bonds is 5. The standard InChI is InChI=1S/C19H27N5O/c1-4-24-13-15(11-21-24)12-23-9-8-22(3)18(14-23)16-6-5-7-17(10-16)19(25)20-2/h5-7,10-11,13,18H,4,8-9,12,14H2,1-3H3,(H,20,25). The fourth-order valence-electron chi connectivity index (χ4n) is 3.38. The molecule has 1 aliphatic heterocycles. The maximum Gasteiger partial charge on any atom is 0.251 e. The molecule has 2 aromatic rings. The fourth-order valence-corrected chi connectivity index (χ4v) is 3.38. The van der Waals surface area contributed by atoms with Crippen molar-refractivity contribution in [2.45, 2.75) is 26.1 Å². The first-order valence-electron chi connectivity index (χ1n) is 8.86. The molecule has 1 aliphatic rings. The molecule has 1 atom stereocenters. The zero-order chi connectivity index (χ0) is 17.8. The predicted octanol–water partition coefficient (Wildman–Crippen LogP) is 1.75. The zero-order valence-corrected chi connectivity index (χ0v) is 15.3. The Morgan fingerprint density at radius 2 is 2.20 bits per heavy atom. The number of piperazine rings is 1. The number of benzene rings is 1. The summed E-state index contributed by atoms with van der Waals surface area (Å²) in [4.78, 5) is 16.8. The normalized spacial score (nSPS) is 19.1. The summed E-state index contributed by atoms with van der Waals surface area (Å²) in [6, 6.07) is 8.25. The van der Waals surface area contributed by atoms with E-state index in [4.69, 9.17) is 0 Å². The molecule has 1 aromatic heterocycles. The number of aromatic nitrogens is 2. The molecule has 25 heavy (non-hydrogen) atoms. The highest BCUT2D eigenvalue weighted by atomic mass is 16.1. The van der Waals surface area contributed by atoms with E-state index in [1.165, 1.54) is 11.1 Å². The van der Waals surface area contributed by atoms with E-state index < -0.39 is 0 Å². The van der Waals surface area contributed by atoms with Gasteiger partial charge in [0.1, 0.15) is 0 Å². The maximum atomic E-state index is 11.9. The molecule has 0 spiro atoms. The van der Waals surface area contributed by atoms with Gasteiger partial charge in [0, 0.05) is 63.1 Å². The second-order valence-corrected chi connectivity index (χ2v) is 6.64. The highest BCUT2D eigenvalue weighted by molar-refractivity contribution is 5.94. The van der Waals surface area contributed by atoms with Crippen molar-refractivity contribution in [3.05, 3.63) is 53.3 Å². The Morgan fingerprint density at radius 1 is 1.36 bits per heavy atom. The van der Waals surface area contributed by atoms with Crippen LogP contribution in [0.4, 0.5) is 0 Å².